The molecule has 0 unspecified atom stereocenters. The number of nitrogens with zero attached hydrogens (tertiary/aromatic N) is 2. The minimum atomic E-state index is -1.07. The third-order valence-electron chi connectivity index (χ3n) is 1.72. The van der Waals surface area contributed by atoms with E-state index in [1.165, 1.54) is 12.4 Å². The van der Waals surface area contributed by atoms with Crippen LogP contribution in [0.15, 0.2) is 12.4 Å². The van der Waals surface area contributed by atoms with E-state index in [1.807, 2.05) is 0 Å². The van der Waals surface area contributed by atoms with E-state index in [1.54, 1.807) is 6.92 Å². The first kappa shape index (κ1) is 11.1. The molecule has 0 aliphatic carbocycles. The van der Waals surface area contributed by atoms with Crippen LogP contribution in [0.2, 0.25) is 0 Å². The Morgan fingerprint density at radius 2 is 2.00 bits per heavy atom. The topological polar surface area (TPSA) is 92.2 Å². The maximum absolute atomic E-state index is 10.9. The predicted molar refractivity (Wildman–Crippen MR) is 51.1 cm³/mol. The van der Waals surface area contributed by atoms with Crippen molar-refractivity contribution in [3.05, 3.63) is 23.8 Å². The highest BCUT2D eigenvalue weighted by atomic mass is 16.4. The van der Waals surface area contributed by atoms with Crippen LogP contribution >= 0.6 is 0 Å². The summed E-state index contributed by atoms with van der Waals surface area (Å²) in [6.07, 6.45) is 2.82. The summed E-state index contributed by atoms with van der Waals surface area (Å²) in [5.74, 6) is -0.776. The average molecular weight is 209 g/mol. The lowest BCUT2D eigenvalue weighted by molar-refractivity contribution is -0.120. The smallest absolute Gasteiger partial charge is 0.338 e. The molecule has 0 saturated heterocycles. The van der Waals surface area contributed by atoms with Gasteiger partial charge in [0.2, 0.25) is 5.91 Å². The summed E-state index contributed by atoms with van der Waals surface area (Å²) in [5, 5.41) is 11.2. The van der Waals surface area contributed by atoms with Crippen LogP contribution < -0.4 is 5.32 Å². The number of carbonyl (C=O) groups is 2. The van der Waals surface area contributed by atoms with Gasteiger partial charge in [-0.25, -0.2) is 14.8 Å². The van der Waals surface area contributed by atoms with Crippen molar-refractivity contribution >= 4 is 11.9 Å². The molecule has 0 atom stereocenters. The largest absolute Gasteiger partial charge is 0.478 e. The number of aromatic carboxylic acids is 1. The van der Waals surface area contributed by atoms with Gasteiger partial charge in [-0.15, -0.1) is 0 Å². The molecule has 2 N–H and O–H groups in total. The summed E-state index contributed by atoms with van der Waals surface area (Å²) >= 11 is 0. The van der Waals surface area contributed by atoms with Gasteiger partial charge in [0.15, 0.2) is 0 Å². The van der Waals surface area contributed by atoms with E-state index in [0.717, 1.165) is 0 Å². The van der Waals surface area contributed by atoms with Gasteiger partial charge in [0.25, 0.3) is 0 Å². The van der Waals surface area contributed by atoms with Gasteiger partial charge in [0.1, 0.15) is 5.82 Å². The molecule has 1 amide bonds. The van der Waals surface area contributed by atoms with Crippen LogP contribution in [0.3, 0.4) is 0 Å². The molecule has 0 saturated carbocycles. The fourth-order valence-electron chi connectivity index (χ4n) is 0.859. The Morgan fingerprint density at radius 3 is 2.47 bits per heavy atom. The molecule has 1 aromatic heterocycles. The molecule has 0 aliphatic heterocycles. The van der Waals surface area contributed by atoms with E-state index in [4.69, 9.17) is 5.11 Å². The van der Waals surface area contributed by atoms with Crippen LogP contribution in [0.5, 0.6) is 0 Å². The number of amides is 1. The molecular weight excluding hydrogens is 198 g/mol. The van der Waals surface area contributed by atoms with Gasteiger partial charge in [-0.05, 0) is 0 Å². The summed E-state index contributed by atoms with van der Waals surface area (Å²) < 4.78 is 0. The Labute approximate surface area is 86.4 Å². The molecular formula is C9H11N3O3. The second kappa shape index (κ2) is 5.04. The minimum Gasteiger partial charge on any atom is -0.478 e. The number of carbonyl (C=O) groups excluding carboxylic acids is 1. The Kier molecular flexibility index (Phi) is 3.73. The van der Waals surface area contributed by atoms with Gasteiger partial charge in [-0.1, -0.05) is 6.92 Å². The van der Waals surface area contributed by atoms with Gasteiger partial charge >= 0.3 is 5.97 Å². The highest BCUT2D eigenvalue weighted by molar-refractivity contribution is 5.86. The normalized spacial score (nSPS) is 9.67. The summed E-state index contributed by atoms with van der Waals surface area (Å²) in [4.78, 5) is 29.0. The lowest BCUT2D eigenvalue weighted by Gasteiger charge is -2.01. The van der Waals surface area contributed by atoms with Gasteiger partial charge < -0.3 is 10.4 Å². The lowest BCUT2D eigenvalue weighted by atomic mass is 10.3. The predicted octanol–water partition coefficient (Wildman–Crippen LogP) is 0.201. The Morgan fingerprint density at radius 1 is 1.40 bits per heavy atom. The molecule has 1 rings (SSSR count). The molecule has 80 valence electrons. The van der Waals surface area contributed by atoms with Crippen molar-refractivity contribution in [3.8, 4) is 0 Å². The van der Waals surface area contributed by atoms with E-state index in [2.05, 4.69) is 15.3 Å². The third-order valence-corrected chi connectivity index (χ3v) is 1.72. The number of rotatable bonds is 4. The number of aromatic nitrogens is 2. The molecule has 0 radical (unpaired) electrons. The van der Waals surface area contributed by atoms with E-state index >= 15 is 0 Å². The zero-order chi connectivity index (χ0) is 11.3. The first-order chi connectivity index (χ1) is 7.13. The van der Waals surface area contributed by atoms with Crippen molar-refractivity contribution in [1.82, 2.24) is 15.3 Å². The highest BCUT2D eigenvalue weighted by Crippen LogP contribution is 1.95. The van der Waals surface area contributed by atoms with Gasteiger partial charge in [0, 0.05) is 18.8 Å². The zero-order valence-electron chi connectivity index (χ0n) is 8.23. The van der Waals surface area contributed by atoms with Crippen molar-refractivity contribution in [3.63, 3.8) is 0 Å². The van der Waals surface area contributed by atoms with Crippen LogP contribution in [-0.2, 0) is 11.3 Å². The summed E-state index contributed by atoms with van der Waals surface area (Å²) in [7, 11) is 0. The fraction of sp³-hybridized carbons (Fsp3) is 0.333. The van der Waals surface area contributed by atoms with E-state index in [0.29, 0.717) is 12.2 Å². The molecule has 1 heterocycles. The van der Waals surface area contributed by atoms with E-state index in [9.17, 15) is 9.59 Å². The molecule has 15 heavy (non-hydrogen) atoms. The molecule has 0 aromatic carbocycles. The lowest BCUT2D eigenvalue weighted by Crippen LogP contribution is -2.22. The molecule has 6 nitrogen and oxygen atoms in total. The Bertz CT molecular complexity index is 361. The van der Waals surface area contributed by atoms with Gasteiger partial charge in [0.05, 0.1) is 12.1 Å². The number of carboxylic acids is 1. The molecule has 0 spiro atoms. The maximum Gasteiger partial charge on any atom is 0.338 e. The van der Waals surface area contributed by atoms with Crippen molar-refractivity contribution in [1.29, 1.82) is 0 Å². The molecule has 0 fully saturated rings. The van der Waals surface area contributed by atoms with Crippen molar-refractivity contribution < 1.29 is 14.7 Å². The number of hydrogen-bond acceptors (Lipinski definition) is 4. The van der Waals surface area contributed by atoms with Crippen LogP contribution in [0.25, 0.3) is 0 Å². The van der Waals surface area contributed by atoms with Crippen molar-refractivity contribution in [2.75, 3.05) is 0 Å². The minimum absolute atomic E-state index is 0.0283. The van der Waals surface area contributed by atoms with Crippen molar-refractivity contribution in [2.45, 2.75) is 19.9 Å². The fourth-order valence-corrected chi connectivity index (χ4v) is 0.859. The highest BCUT2D eigenvalue weighted by Gasteiger charge is 2.04. The van der Waals surface area contributed by atoms with Crippen molar-refractivity contribution in [2.24, 2.45) is 0 Å². The quantitative estimate of drug-likeness (QED) is 0.739. The number of hydrogen-bond donors (Lipinski definition) is 2. The van der Waals surface area contributed by atoms with Crippen LogP contribution in [-0.4, -0.2) is 27.0 Å². The SMILES string of the molecule is CCC(=O)NCc1ncc(C(=O)O)cn1. The van der Waals surface area contributed by atoms with Crippen LogP contribution in [0.4, 0.5) is 0 Å². The first-order valence-corrected chi connectivity index (χ1v) is 4.44. The van der Waals surface area contributed by atoms with Crippen LogP contribution in [0, 0.1) is 0 Å². The maximum atomic E-state index is 10.9. The molecule has 0 aliphatic rings. The van der Waals surface area contributed by atoms with Gasteiger partial charge in [-0.3, -0.25) is 4.79 Å². The Balaban J connectivity index is 2.57. The molecule has 1 aromatic rings. The molecule has 0 bridgehead atoms. The Hall–Kier alpha value is -1.98. The standard InChI is InChI=1S/C9H11N3O3/c1-2-8(13)12-5-7-10-3-6(4-11-7)9(14)15/h3-4H,2,5H2,1H3,(H,12,13)(H,14,15). The summed E-state index contributed by atoms with van der Waals surface area (Å²) in [5.41, 5.74) is 0.0283. The zero-order valence-corrected chi connectivity index (χ0v) is 8.23. The third kappa shape index (κ3) is 3.34. The number of nitrogens with one attached hydrogen (secondary N) is 1. The average Bonchev–Trinajstić information content (AvgIpc) is 2.26. The summed E-state index contributed by atoms with van der Waals surface area (Å²) in [6, 6.07) is 0. The van der Waals surface area contributed by atoms with E-state index < -0.39 is 5.97 Å². The van der Waals surface area contributed by atoms with Gasteiger partial charge in [-0.2, -0.15) is 0 Å². The second-order valence-corrected chi connectivity index (χ2v) is 2.82. The first-order valence-electron chi connectivity index (χ1n) is 4.44. The monoisotopic (exact) mass is 209 g/mol. The number of carboxylic acid groups (broad SMARTS) is 1. The van der Waals surface area contributed by atoms with Crippen LogP contribution in [0.1, 0.15) is 29.5 Å². The second-order valence-electron chi connectivity index (χ2n) is 2.82. The summed E-state index contributed by atoms with van der Waals surface area (Å²) in [6.45, 7) is 1.95. The molecule has 6 heteroatoms. The van der Waals surface area contributed by atoms with E-state index in [-0.39, 0.29) is 18.0 Å².